The summed E-state index contributed by atoms with van der Waals surface area (Å²) < 4.78 is 12.4. The summed E-state index contributed by atoms with van der Waals surface area (Å²) in [5.41, 5.74) is 2.28. The van der Waals surface area contributed by atoms with Gasteiger partial charge >= 0.3 is 0 Å². The van der Waals surface area contributed by atoms with Gasteiger partial charge in [-0.3, -0.25) is 9.67 Å². The van der Waals surface area contributed by atoms with Crippen LogP contribution >= 0.6 is 0 Å². The number of guanidine groups is 1. The predicted octanol–water partition coefficient (Wildman–Crippen LogP) is 1.89. The van der Waals surface area contributed by atoms with Crippen LogP contribution in [0.25, 0.3) is 0 Å². The lowest BCUT2D eigenvalue weighted by molar-refractivity contribution is 0.0689. The van der Waals surface area contributed by atoms with E-state index in [0.29, 0.717) is 13.2 Å². The number of unbranched alkanes of at least 4 members (excludes halogenated alkanes) is 1. The summed E-state index contributed by atoms with van der Waals surface area (Å²) in [6.07, 6.45) is 3.07. The molecule has 0 spiro atoms. The Labute approximate surface area is 152 Å². The molecule has 0 saturated carbocycles. The zero-order valence-electron chi connectivity index (χ0n) is 16.3. The zero-order valence-corrected chi connectivity index (χ0v) is 16.3. The van der Waals surface area contributed by atoms with Crippen molar-refractivity contribution in [3.8, 4) is 0 Å². The Morgan fingerprint density at radius 1 is 1.16 bits per heavy atom. The molecular weight excluding hydrogens is 318 g/mol. The molecule has 0 fully saturated rings. The zero-order chi connectivity index (χ0) is 18.3. The van der Waals surface area contributed by atoms with E-state index in [4.69, 9.17) is 9.47 Å². The first-order valence-electron chi connectivity index (χ1n) is 9.27. The highest BCUT2D eigenvalue weighted by Crippen LogP contribution is 2.02. The van der Waals surface area contributed by atoms with Gasteiger partial charge in [0, 0.05) is 45.6 Å². The highest BCUT2D eigenvalue weighted by Gasteiger charge is 2.01. The number of aromatic nitrogens is 2. The lowest BCUT2D eigenvalue weighted by Crippen LogP contribution is -2.38. The van der Waals surface area contributed by atoms with E-state index >= 15 is 0 Å². The van der Waals surface area contributed by atoms with E-state index in [1.165, 1.54) is 5.69 Å². The molecule has 0 bridgehead atoms. The van der Waals surface area contributed by atoms with Crippen LogP contribution in [0.1, 0.15) is 37.6 Å². The van der Waals surface area contributed by atoms with E-state index < -0.39 is 0 Å². The standard InChI is InChI=1S/C18H35N5O2/c1-5-19-18(20-9-6-7-12-25-14-13-24-4)21-10-8-11-23-17(3)15-16(2)22-23/h15H,5-14H2,1-4H3,(H2,19,20,21). The SMILES string of the molecule is CCNC(=NCCCn1nc(C)cc1C)NCCCCOCCOC. The van der Waals surface area contributed by atoms with Gasteiger partial charge in [-0.1, -0.05) is 0 Å². The second-order valence-corrected chi connectivity index (χ2v) is 6.00. The van der Waals surface area contributed by atoms with Crippen molar-refractivity contribution in [1.29, 1.82) is 0 Å². The van der Waals surface area contributed by atoms with E-state index in [2.05, 4.69) is 45.3 Å². The molecule has 0 aliphatic heterocycles. The van der Waals surface area contributed by atoms with Gasteiger partial charge in [0.25, 0.3) is 0 Å². The maximum Gasteiger partial charge on any atom is 0.191 e. The molecule has 0 aliphatic rings. The largest absolute Gasteiger partial charge is 0.382 e. The van der Waals surface area contributed by atoms with Crippen molar-refractivity contribution in [2.75, 3.05) is 46.6 Å². The lowest BCUT2D eigenvalue weighted by atomic mass is 10.3. The van der Waals surface area contributed by atoms with Gasteiger partial charge in [0.1, 0.15) is 0 Å². The molecule has 1 aromatic heterocycles. The summed E-state index contributed by atoms with van der Waals surface area (Å²) in [6, 6.07) is 2.11. The molecule has 1 rings (SSSR count). The maximum atomic E-state index is 5.45. The van der Waals surface area contributed by atoms with Crippen LogP contribution in [0.2, 0.25) is 0 Å². The molecule has 7 heteroatoms. The predicted molar refractivity (Wildman–Crippen MR) is 102 cm³/mol. The fourth-order valence-electron chi connectivity index (χ4n) is 2.43. The first-order valence-corrected chi connectivity index (χ1v) is 9.27. The second kappa shape index (κ2) is 13.7. The molecule has 0 radical (unpaired) electrons. The Kier molecular flexibility index (Phi) is 11.7. The van der Waals surface area contributed by atoms with Gasteiger partial charge in [-0.25, -0.2) is 0 Å². The molecule has 0 aromatic carbocycles. The molecule has 144 valence electrons. The molecule has 25 heavy (non-hydrogen) atoms. The van der Waals surface area contributed by atoms with E-state index in [1.54, 1.807) is 7.11 Å². The molecule has 1 aromatic rings. The van der Waals surface area contributed by atoms with Gasteiger partial charge in [0.15, 0.2) is 5.96 Å². The molecule has 7 nitrogen and oxygen atoms in total. The second-order valence-electron chi connectivity index (χ2n) is 6.00. The van der Waals surface area contributed by atoms with E-state index in [0.717, 1.165) is 63.7 Å². The Hall–Kier alpha value is -1.60. The summed E-state index contributed by atoms with van der Waals surface area (Å²) >= 11 is 0. The first-order chi connectivity index (χ1) is 12.2. The van der Waals surface area contributed by atoms with Gasteiger partial charge in [0.05, 0.1) is 18.9 Å². The van der Waals surface area contributed by atoms with Gasteiger partial charge in [-0.2, -0.15) is 5.10 Å². The van der Waals surface area contributed by atoms with E-state index in [-0.39, 0.29) is 0 Å². The minimum atomic E-state index is 0.660. The number of methoxy groups -OCH3 is 1. The Balaban J connectivity index is 2.17. The molecule has 0 amide bonds. The summed E-state index contributed by atoms with van der Waals surface area (Å²) in [5, 5.41) is 11.1. The average molecular weight is 354 g/mol. The molecule has 0 saturated heterocycles. The quantitative estimate of drug-likeness (QED) is 0.322. The van der Waals surface area contributed by atoms with Crippen molar-refractivity contribution in [3.63, 3.8) is 0 Å². The minimum absolute atomic E-state index is 0.660. The lowest BCUT2D eigenvalue weighted by Gasteiger charge is -2.11. The van der Waals surface area contributed by atoms with Crippen LogP contribution in [0.3, 0.4) is 0 Å². The number of aryl methyl sites for hydroxylation is 3. The number of aliphatic imine (C=N–C) groups is 1. The number of nitrogens with zero attached hydrogens (tertiary/aromatic N) is 3. The van der Waals surface area contributed by atoms with Crippen LogP contribution in [0.15, 0.2) is 11.1 Å². The van der Waals surface area contributed by atoms with Crippen molar-refractivity contribution < 1.29 is 9.47 Å². The number of hydrogen-bond donors (Lipinski definition) is 2. The molecular formula is C18H35N5O2. The summed E-state index contributed by atoms with van der Waals surface area (Å²) in [7, 11) is 1.69. The van der Waals surface area contributed by atoms with Gasteiger partial charge in [-0.05, 0) is 46.1 Å². The number of rotatable bonds is 13. The van der Waals surface area contributed by atoms with Gasteiger partial charge < -0.3 is 20.1 Å². The Morgan fingerprint density at radius 2 is 2.00 bits per heavy atom. The van der Waals surface area contributed by atoms with Gasteiger partial charge in [-0.15, -0.1) is 0 Å². The third kappa shape index (κ3) is 10.1. The summed E-state index contributed by atoms with van der Waals surface area (Å²) in [6.45, 7) is 11.8. The first kappa shape index (κ1) is 21.4. The van der Waals surface area contributed by atoms with Crippen molar-refractivity contribution in [2.24, 2.45) is 4.99 Å². The third-order valence-corrected chi connectivity index (χ3v) is 3.69. The normalized spacial score (nSPS) is 11.8. The Bertz CT molecular complexity index is 488. The highest BCUT2D eigenvalue weighted by molar-refractivity contribution is 5.79. The van der Waals surface area contributed by atoms with Crippen LogP contribution in [-0.2, 0) is 16.0 Å². The van der Waals surface area contributed by atoms with Crippen molar-refractivity contribution in [2.45, 2.75) is 46.6 Å². The van der Waals surface area contributed by atoms with Gasteiger partial charge in [0.2, 0.25) is 0 Å². The van der Waals surface area contributed by atoms with Crippen LogP contribution in [0.4, 0.5) is 0 Å². The molecule has 1 heterocycles. The highest BCUT2D eigenvalue weighted by atomic mass is 16.5. The van der Waals surface area contributed by atoms with Crippen molar-refractivity contribution in [1.82, 2.24) is 20.4 Å². The van der Waals surface area contributed by atoms with E-state index in [9.17, 15) is 0 Å². The van der Waals surface area contributed by atoms with Crippen molar-refractivity contribution >= 4 is 5.96 Å². The minimum Gasteiger partial charge on any atom is -0.382 e. The summed E-state index contributed by atoms with van der Waals surface area (Å²) in [4.78, 5) is 4.63. The summed E-state index contributed by atoms with van der Waals surface area (Å²) in [5.74, 6) is 0.885. The topological polar surface area (TPSA) is 72.7 Å². The molecule has 2 N–H and O–H groups in total. The molecule has 0 atom stereocenters. The van der Waals surface area contributed by atoms with Crippen LogP contribution < -0.4 is 10.6 Å². The molecule has 0 aliphatic carbocycles. The van der Waals surface area contributed by atoms with Crippen LogP contribution in [0, 0.1) is 13.8 Å². The van der Waals surface area contributed by atoms with Crippen LogP contribution in [0.5, 0.6) is 0 Å². The Morgan fingerprint density at radius 3 is 2.68 bits per heavy atom. The van der Waals surface area contributed by atoms with E-state index in [1.807, 2.05) is 6.92 Å². The number of ether oxygens (including phenoxy) is 2. The van der Waals surface area contributed by atoms with Crippen molar-refractivity contribution in [3.05, 3.63) is 17.5 Å². The monoisotopic (exact) mass is 353 g/mol. The van der Waals surface area contributed by atoms with Crippen LogP contribution in [-0.4, -0.2) is 62.3 Å². The maximum absolute atomic E-state index is 5.45. The number of hydrogen-bond acceptors (Lipinski definition) is 4. The average Bonchev–Trinajstić information content (AvgIpc) is 2.91. The number of nitrogens with one attached hydrogen (secondary N) is 2. The third-order valence-electron chi connectivity index (χ3n) is 3.69. The fourth-order valence-corrected chi connectivity index (χ4v) is 2.43. The smallest absolute Gasteiger partial charge is 0.191 e. The molecule has 0 unspecified atom stereocenters. The fraction of sp³-hybridized carbons (Fsp3) is 0.778.